The third kappa shape index (κ3) is 6.63. The van der Waals surface area contributed by atoms with E-state index < -0.39 is 17.7 Å². The van der Waals surface area contributed by atoms with Crippen LogP contribution >= 0.6 is 0 Å². The lowest BCUT2D eigenvalue weighted by atomic mass is 9.81. The Morgan fingerprint density at radius 2 is 1.33 bits per heavy atom. The number of carboxylic acids is 1. The molecule has 0 saturated carbocycles. The van der Waals surface area contributed by atoms with Crippen LogP contribution < -0.4 is 18.9 Å². The molecule has 0 spiro atoms. The van der Waals surface area contributed by atoms with Gasteiger partial charge in [-0.15, -0.1) is 0 Å². The molecule has 1 unspecified atom stereocenters. The number of hydrogen-bond acceptors (Lipinski definition) is 8. The Labute approximate surface area is 246 Å². The molecule has 1 heterocycles. The van der Waals surface area contributed by atoms with Crippen LogP contribution in [-0.4, -0.2) is 55.1 Å². The Kier molecular flexibility index (Phi) is 9.98. The number of hydrogen-bond donors (Lipinski definition) is 1. The molecule has 0 aliphatic heterocycles. The van der Waals surface area contributed by atoms with Gasteiger partial charge in [-0.3, -0.25) is 0 Å². The van der Waals surface area contributed by atoms with Gasteiger partial charge in [0.2, 0.25) is 11.9 Å². The fourth-order valence-electron chi connectivity index (χ4n) is 5.03. The molecule has 0 fully saturated rings. The zero-order chi connectivity index (χ0) is 30.1. The van der Waals surface area contributed by atoms with Crippen LogP contribution in [0.2, 0.25) is 0 Å². The van der Waals surface area contributed by atoms with Crippen molar-refractivity contribution in [1.82, 2.24) is 9.97 Å². The monoisotopic (exact) mass is 572 g/mol. The number of rotatable bonds is 14. The highest BCUT2D eigenvalue weighted by atomic mass is 16.6. The van der Waals surface area contributed by atoms with Gasteiger partial charge in [0.1, 0.15) is 0 Å². The maximum absolute atomic E-state index is 13.0. The summed E-state index contributed by atoms with van der Waals surface area (Å²) in [5, 5.41) is 10.6. The van der Waals surface area contributed by atoms with Gasteiger partial charge in [0.25, 0.3) is 0 Å². The lowest BCUT2D eigenvalue weighted by molar-refractivity contribution is -0.164. The molecule has 0 bridgehead atoms. The first-order chi connectivity index (χ1) is 20.3. The SMILES string of the molecule is COc1cc(CCCOC(c2ccccc2)(c2ccccc2)C(Oc2nc(C)cc(C)n2)C(=O)O)cc(OC)c1OC. The van der Waals surface area contributed by atoms with Crippen LogP contribution in [0.1, 0.15) is 34.5 Å². The van der Waals surface area contributed by atoms with E-state index >= 15 is 0 Å². The largest absolute Gasteiger partial charge is 0.493 e. The van der Waals surface area contributed by atoms with E-state index in [0.29, 0.717) is 52.6 Å². The van der Waals surface area contributed by atoms with E-state index in [4.69, 9.17) is 23.7 Å². The molecule has 1 aromatic heterocycles. The third-order valence-corrected chi connectivity index (χ3v) is 6.85. The average molecular weight is 573 g/mol. The second-order valence-electron chi connectivity index (χ2n) is 9.72. The first kappa shape index (κ1) is 30.3. The Hall–Kier alpha value is -4.63. The Morgan fingerprint density at radius 1 is 0.810 bits per heavy atom. The van der Waals surface area contributed by atoms with E-state index in [1.807, 2.05) is 72.8 Å². The smallest absolute Gasteiger partial charge is 0.348 e. The van der Waals surface area contributed by atoms with E-state index in [0.717, 1.165) is 5.56 Å². The molecule has 4 rings (SSSR count). The summed E-state index contributed by atoms with van der Waals surface area (Å²) in [6.45, 7) is 3.82. The summed E-state index contributed by atoms with van der Waals surface area (Å²) in [5.41, 5.74) is 2.01. The molecule has 1 atom stereocenters. The van der Waals surface area contributed by atoms with E-state index in [1.165, 1.54) is 0 Å². The van der Waals surface area contributed by atoms with E-state index in [2.05, 4.69) is 9.97 Å². The zero-order valence-electron chi connectivity index (χ0n) is 24.5. The van der Waals surface area contributed by atoms with Crippen LogP contribution in [0.3, 0.4) is 0 Å². The maximum Gasteiger partial charge on any atom is 0.348 e. The van der Waals surface area contributed by atoms with Crippen molar-refractivity contribution < 1.29 is 33.6 Å². The molecule has 3 aromatic carbocycles. The normalized spacial score (nSPS) is 11.9. The number of aryl methyl sites for hydroxylation is 3. The fraction of sp³-hybridized carbons (Fsp3) is 0.303. The summed E-state index contributed by atoms with van der Waals surface area (Å²) in [4.78, 5) is 21.7. The molecule has 0 saturated heterocycles. The number of aliphatic carboxylic acids is 1. The maximum atomic E-state index is 13.0. The second kappa shape index (κ2) is 13.8. The second-order valence-corrected chi connectivity index (χ2v) is 9.72. The molecule has 0 amide bonds. The first-order valence-corrected chi connectivity index (χ1v) is 13.6. The number of carbonyl (C=O) groups is 1. The Balaban J connectivity index is 1.73. The molecule has 9 nitrogen and oxygen atoms in total. The minimum atomic E-state index is -1.52. The summed E-state index contributed by atoms with van der Waals surface area (Å²) in [7, 11) is 4.71. The van der Waals surface area contributed by atoms with Crippen LogP contribution in [0.25, 0.3) is 0 Å². The van der Waals surface area contributed by atoms with Gasteiger partial charge in [-0.2, -0.15) is 0 Å². The van der Waals surface area contributed by atoms with Crippen molar-refractivity contribution in [1.29, 1.82) is 0 Å². The van der Waals surface area contributed by atoms with Crippen molar-refractivity contribution in [3.05, 3.63) is 107 Å². The zero-order valence-corrected chi connectivity index (χ0v) is 24.5. The molecule has 9 heteroatoms. The Bertz CT molecular complexity index is 1390. The summed E-state index contributed by atoms with van der Waals surface area (Å²) in [6, 6.07) is 24.0. The van der Waals surface area contributed by atoms with Crippen molar-refractivity contribution in [2.45, 2.75) is 38.4 Å². The standard InChI is InChI=1S/C33H36N2O7/c1-22-19-23(2)35-32(34-22)42-30(31(36)37)33(25-14-8-6-9-15-25,26-16-10-7-11-17-26)41-18-12-13-24-20-27(38-3)29(40-5)28(21-24)39-4/h6-11,14-17,19-21,30H,12-13,18H2,1-5H3,(H,36,37). The highest BCUT2D eigenvalue weighted by molar-refractivity contribution is 5.76. The van der Waals surface area contributed by atoms with Gasteiger partial charge in [-0.1, -0.05) is 60.7 Å². The predicted molar refractivity (Wildman–Crippen MR) is 158 cm³/mol. The van der Waals surface area contributed by atoms with Crippen LogP contribution in [0.4, 0.5) is 0 Å². The van der Waals surface area contributed by atoms with Crippen LogP contribution in [0.15, 0.2) is 78.9 Å². The molecule has 1 N–H and O–H groups in total. The number of ether oxygens (including phenoxy) is 5. The lowest BCUT2D eigenvalue weighted by Crippen LogP contribution is -2.51. The predicted octanol–water partition coefficient (Wildman–Crippen LogP) is 5.54. The molecule has 0 aliphatic carbocycles. The molecule has 220 valence electrons. The van der Waals surface area contributed by atoms with Gasteiger partial charge in [0.05, 0.1) is 21.3 Å². The summed E-state index contributed by atoms with van der Waals surface area (Å²) in [6.07, 6.45) is -0.341. The molecular weight excluding hydrogens is 536 g/mol. The summed E-state index contributed by atoms with van der Waals surface area (Å²) in [5.74, 6) is 0.421. The number of methoxy groups -OCH3 is 3. The van der Waals surface area contributed by atoms with Gasteiger partial charge >= 0.3 is 12.0 Å². The van der Waals surface area contributed by atoms with Crippen molar-refractivity contribution >= 4 is 5.97 Å². The minimum Gasteiger partial charge on any atom is -0.493 e. The van der Waals surface area contributed by atoms with Crippen LogP contribution in [-0.2, 0) is 21.6 Å². The quantitative estimate of drug-likeness (QED) is 0.195. The van der Waals surface area contributed by atoms with Crippen molar-refractivity contribution in [2.24, 2.45) is 0 Å². The van der Waals surface area contributed by atoms with E-state index in [9.17, 15) is 9.90 Å². The number of benzene rings is 3. The topological polar surface area (TPSA) is 109 Å². The molecular formula is C33H36N2O7. The number of nitrogens with zero attached hydrogens (tertiary/aromatic N) is 2. The molecule has 4 aromatic rings. The molecule has 0 radical (unpaired) electrons. The van der Waals surface area contributed by atoms with Gasteiger partial charge in [0.15, 0.2) is 17.1 Å². The number of aromatic nitrogens is 2. The first-order valence-electron chi connectivity index (χ1n) is 13.6. The molecule has 42 heavy (non-hydrogen) atoms. The summed E-state index contributed by atoms with van der Waals surface area (Å²) >= 11 is 0. The summed E-state index contributed by atoms with van der Waals surface area (Å²) < 4.78 is 29.2. The van der Waals surface area contributed by atoms with Gasteiger partial charge < -0.3 is 28.8 Å². The average Bonchev–Trinajstić information content (AvgIpc) is 3.00. The van der Waals surface area contributed by atoms with Crippen LogP contribution in [0.5, 0.6) is 23.3 Å². The van der Waals surface area contributed by atoms with E-state index in [1.54, 1.807) is 41.2 Å². The van der Waals surface area contributed by atoms with E-state index in [-0.39, 0.29) is 12.6 Å². The van der Waals surface area contributed by atoms with Gasteiger partial charge in [-0.25, -0.2) is 14.8 Å². The van der Waals surface area contributed by atoms with Crippen molar-refractivity contribution in [2.75, 3.05) is 27.9 Å². The minimum absolute atomic E-state index is 0.0304. The van der Waals surface area contributed by atoms with Gasteiger partial charge in [-0.05, 0) is 61.6 Å². The van der Waals surface area contributed by atoms with Crippen molar-refractivity contribution in [3.8, 4) is 23.3 Å². The molecule has 0 aliphatic rings. The Morgan fingerprint density at radius 3 is 1.79 bits per heavy atom. The number of carboxylic acid groups (broad SMARTS) is 1. The highest BCUT2D eigenvalue weighted by Crippen LogP contribution is 2.41. The lowest BCUT2D eigenvalue weighted by Gasteiger charge is -2.39. The van der Waals surface area contributed by atoms with Gasteiger partial charge in [0, 0.05) is 18.0 Å². The fourth-order valence-corrected chi connectivity index (χ4v) is 5.03. The van der Waals surface area contributed by atoms with Crippen LogP contribution in [0, 0.1) is 13.8 Å². The van der Waals surface area contributed by atoms with Crippen molar-refractivity contribution in [3.63, 3.8) is 0 Å². The third-order valence-electron chi connectivity index (χ3n) is 6.85. The highest BCUT2D eigenvalue weighted by Gasteiger charge is 2.50.